The minimum absolute atomic E-state index is 0.0120. The lowest BCUT2D eigenvalue weighted by Crippen LogP contribution is -2.27. The van der Waals surface area contributed by atoms with Gasteiger partial charge in [0.25, 0.3) is 0 Å². The molecule has 1 unspecified atom stereocenters. The van der Waals surface area contributed by atoms with Crippen LogP contribution in [-0.4, -0.2) is 25.5 Å². The second kappa shape index (κ2) is 6.39. The summed E-state index contributed by atoms with van der Waals surface area (Å²) in [6.45, 7) is 11.8. The third-order valence-electron chi connectivity index (χ3n) is 3.34. The number of amides is 1. The number of benzene rings is 1. The first kappa shape index (κ1) is 14.3. The first-order valence-electron chi connectivity index (χ1n) is 6.86. The molecule has 0 spiro atoms. The number of hydrogen-bond donors (Lipinski definition) is 2. The van der Waals surface area contributed by atoms with Crippen molar-refractivity contribution < 1.29 is 4.79 Å². The van der Waals surface area contributed by atoms with Crippen LogP contribution in [0.3, 0.4) is 0 Å². The minimum Gasteiger partial charge on any atom is -0.364 e. The summed E-state index contributed by atoms with van der Waals surface area (Å²) in [7, 11) is 0. The molecule has 0 radical (unpaired) electrons. The molecule has 2 N–H and O–H groups in total. The van der Waals surface area contributed by atoms with Crippen molar-refractivity contribution >= 4 is 17.3 Å². The van der Waals surface area contributed by atoms with E-state index in [-0.39, 0.29) is 11.9 Å². The molecule has 0 saturated heterocycles. The molecule has 0 saturated carbocycles. The highest BCUT2D eigenvalue weighted by molar-refractivity contribution is 6.03. The van der Waals surface area contributed by atoms with Crippen LogP contribution in [0.25, 0.3) is 0 Å². The Bertz CT molecular complexity index is 514. The quantitative estimate of drug-likeness (QED) is 0.749. The van der Waals surface area contributed by atoms with Crippen LogP contribution in [0.1, 0.15) is 18.5 Å². The van der Waals surface area contributed by atoms with Crippen LogP contribution in [0.15, 0.2) is 43.5 Å². The Morgan fingerprint density at radius 3 is 2.65 bits per heavy atom. The highest BCUT2D eigenvalue weighted by Gasteiger charge is 2.29. The fraction of sp³-hybridized carbons (Fsp3) is 0.312. The molecule has 106 valence electrons. The lowest BCUT2D eigenvalue weighted by molar-refractivity contribution is -0.117. The van der Waals surface area contributed by atoms with E-state index in [1.54, 1.807) is 0 Å². The molecule has 1 heterocycles. The molecule has 20 heavy (non-hydrogen) atoms. The number of carbonyl (C=O) groups excluding carboxylic acids is 1. The number of fused-ring (bicyclic) bond motifs is 1. The minimum atomic E-state index is -0.240. The van der Waals surface area contributed by atoms with E-state index in [2.05, 4.69) is 28.7 Å². The van der Waals surface area contributed by atoms with Crippen molar-refractivity contribution in [3.8, 4) is 0 Å². The molecule has 2 rings (SSSR count). The average molecular weight is 271 g/mol. The first-order chi connectivity index (χ1) is 9.71. The van der Waals surface area contributed by atoms with Gasteiger partial charge in [0.15, 0.2) is 0 Å². The topological polar surface area (TPSA) is 44.4 Å². The standard InChI is InChI=1S/C16H21N3O/c1-4-9-19(10-5-2)12-7-8-13-14(11-12)18-16(20)15(13)17-6-3/h4-5,7-8,11,15,17H,1-2,6,9-10H2,3H3,(H,18,20). The summed E-state index contributed by atoms with van der Waals surface area (Å²) in [5.41, 5.74) is 2.95. The molecule has 1 amide bonds. The van der Waals surface area contributed by atoms with Crippen molar-refractivity contribution in [3.05, 3.63) is 49.1 Å². The molecule has 4 nitrogen and oxygen atoms in total. The molecule has 1 atom stereocenters. The van der Waals surface area contributed by atoms with E-state index in [4.69, 9.17) is 0 Å². The summed E-state index contributed by atoms with van der Waals surface area (Å²) in [6, 6.07) is 5.82. The van der Waals surface area contributed by atoms with Gasteiger partial charge in [0.1, 0.15) is 6.04 Å². The molecule has 1 aromatic rings. The van der Waals surface area contributed by atoms with Crippen LogP contribution >= 0.6 is 0 Å². The SMILES string of the molecule is C=CCN(CC=C)c1ccc2c(c1)NC(=O)C2NCC. The number of anilines is 2. The van der Waals surface area contributed by atoms with E-state index in [1.165, 1.54) is 0 Å². The lowest BCUT2D eigenvalue weighted by Gasteiger charge is -2.22. The maximum absolute atomic E-state index is 11.9. The van der Waals surface area contributed by atoms with Crippen molar-refractivity contribution in [2.75, 3.05) is 29.9 Å². The molecule has 1 aliphatic rings. The van der Waals surface area contributed by atoms with E-state index in [0.717, 1.165) is 36.6 Å². The number of hydrogen-bond acceptors (Lipinski definition) is 3. The number of nitrogens with zero attached hydrogens (tertiary/aromatic N) is 1. The second-order valence-corrected chi connectivity index (χ2v) is 4.73. The van der Waals surface area contributed by atoms with E-state index in [1.807, 2.05) is 37.3 Å². The lowest BCUT2D eigenvalue weighted by atomic mass is 10.1. The van der Waals surface area contributed by atoms with Gasteiger partial charge in [0.2, 0.25) is 5.91 Å². The van der Waals surface area contributed by atoms with E-state index < -0.39 is 0 Å². The Balaban J connectivity index is 2.28. The van der Waals surface area contributed by atoms with Gasteiger partial charge in [-0.15, -0.1) is 13.2 Å². The normalized spacial score (nSPS) is 16.4. The summed E-state index contributed by atoms with van der Waals surface area (Å²) < 4.78 is 0. The third kappa shape index (κ3) is 2.75. The Morgan fingerprint density at radius 1 is 1.35 bits per heavy atom. The fourth-order valence-electron chi connectivity index (χ4n) is 2.45. The zero-order valence-electron chi connectivity index (χ0n) is 11.9. The molecular formula is C16H21N3O. The first-order valence-corrected chi connectivity index (χ1v) is 6.86. The number of likely N-dealkylation sites (N-methyl/N-ethyl adjacent to an activating group) is 1. The highest BCUT2D eigenvalue weighted by atomic mass is 16.2. The fourth-order valence-corrected chi connectivity index (χ4v) is 2.45. The van der Waals surface area contributed by atoms with Gasteiger partial charge in [-0.05, 0) is 18.7 Å². The van der Waals surface area contributed by atoms with Gasteiger partial charge in [0, 0.05) is 30.0 Å². The van der Waals surface area contributed by atoms with Crippen molar-refractivity contribution in [2.24, 2.45) is 0 Å². The van der Waals surface area contributed by atoms with E-state index in [9.17, 15) is 4.79 Å². The van der Waals surface area contributed by atoms with Crippen LogP contribution < -0.4 is 15.5 Å². The Hall–Kier alpha value is -2.07. The predicted octanol–water partition coefficient (Wildman–Crippen LogP) is 2.47. The smallest absolute Gasteiger partial charge is 0.246 e. The highest BCUT2D eigenvalue weighted by Crippen LogP contribution is 2.34. The maximum atomic E-state index is 11.9. The zero-order valence-corrected chi connectivity index (χ0v) is 11.9. The number of rotatable bonds is 7. The molecule has 0 fully saturated rings. The van der Waals surface area contributed by atoms with Crippen LogP contribution in [0, 0.1) is 0 Å². The van der Waals surface area contributed by atoms with Crippen LogP contribution in [0.2, 0.25) is 0 Å². The van der Waals surface area contributed by atoms with Gasteiger partial charge in [-0.25, -0.2) is 0 Å². The van der Waals surface area contributed by atoms with Crippen molar-refractivity contribution in [1.82, 2.24) is 5.32 Å². The van der Waals surface area contributed by atoms with Crippen molar-refractivity contribution in [2.45, 2.75) is 13.0 Å². The third-order valence-corrected chi connectivity index (χ3v) is 3.34. The molecule has 1 aliphatic heterocycles. The van der Waals surface area contributed by atoms with Gasteiger partial charge in [-0.2, -0.15) is 0 Å². The molecule has 1 aromatic carbocycles. The predicted molar refractivity (Wildman–Crippen MR) is 84.1 cm³/mol. The van der Waals surface area contributed by atoms with Gasteiger partial charge >= 0.3 is 0 Å². The van der Waals surface area contributed by atoms with Crippen LogP contribution in [-0.2, 0) is 4.79 Å². The molecule has 0 aliphatic carbocycles. The van der Waals surface area contributed by atoms with Crippen molar-refractivity contribution in [1.29, 1.82) is 0 Å². The second-order valence-electron chi connectivity index (χ2n) is 4.73. The molecule has 0 bridgehead atoms. The molecular weight excluding hydrogens is 250 g/mol. The maximum Gasteiger partial charge on any atom is 0.246 e. The largest absolute Gasteiger partial charge is 0.364 e. The number of carbonyl (C=O) groups is 1. The summed E-state index contributed by atoms with van der Waals surface area (Å²) in [4.78, 5) is 14.1. The Kier molecular flexibility index (Phi) is 4.58. The van der Waals surface area contributed by atoms with Gasteiger partial charge in [0.05, 0.1) is 0 Å². The molecule has 4 heteroatoms. The van der Waals surface area contributed by atoms with Crippen LogP contribution in [0.4, 0.5) is 11.4 Å². The molecule has 0 aromatic heterocycles. The van der Waals surface area contributed by atoms with Gasteiger partial charge < -0.3 is 15.5 Å². The summed E-state index contributed by atoms with van der Waals surface area (Å²) in [5.74, 6) is 0.0120. The Morgan fingerprint density at radius 2 is 2.05 bits per heavy atom. The summed E-state index contributed by atoms with van der Waals surface area (Å²) in [6.07, 6.45) is 3.72. The average Bonchev–Trinajstić information content (AvgIpc) is 2.74. The Labute approximate surface area is 120 Å². The van der Waals surface area contributed by atoms with Gasteiger partial charge in [-0.3, -0.25) is 4.79 Å². The van der Waals surface area contributed by atoms with E-state index >= 15 is 0 Å². The van der Waals surface area contributed by atoms with Gasteiger partial charge in [-0.1, -0.05) is 25.1 Å². The summed E-state index contributed by atoms with van der Waals surface area (Å²) in [5, 5.41) is 6.12. The zero-order chi connectivity index (χ0) is 14.5. The van der Waals surface area contributed by atoms with Crippen LogP contribution in [0.5, 0.6) is 0 Å². The number of nitrogens with one attached hydrogen (secondary N) is 2. The summed E-state index contributed by atoms with van der Waals surface area (Å²) >= 11 is 0. The monoisotopic (exact) mass is 271 g/mol. The van der Waals surface area contributed by atoms with Crippen molar-refractivity contribution in [3.63, 3.8) is 0 Å². The van der Waals surface area contributed by atoms with E-state index in [0.29, 0.717) is 0 Å².